The summed E-state index contributed by atoms with van der Waals surface area (Å²) in [5.41, 5.74) is 1.49. The van der Waals surface area contributed by atoms with E-state index in [2.05, 4.69) is 29.5 Å². The first-order chi connectivity index (χ1) is 10.9. The average molecular weight is 313 g/mol. The van der Waals surface area contributed by atoms with Crippen LogP contribution in [0.3, 0.4) is 0 Å². The summed E-state index contributed by atoms with van der Waals surface area (Å²) in [7, 11) is 1.57. The zero-order valence-corrected chi connectivity index (χ0v) is 13.1. The van der Waals surface area contributed by atoms with Crippen molar-refractivity contribution >= 4 is 11.9 Å². The Morgan fingerprint density at radius 2 is 1.96 bits per heavy atom. The van der Waals surface area contributed by atoms with Crippen LogP contribution in [0.15, 0.2) is 36.4 Å². The van der Waals surface area contributed by atoms with Crippen LogP contribution in [0.4, 0.5) is 0 Å². The number of carbonyl (C=O) groups excluding carboxylic acids is 1. The molecule has 6 heteroatoms. The molecule has 0 radical (unpaired) electrons. The Balaban J connectivity index is 1.64. The molecule has 1 fully saturated rings. The lowest BCUT2D eigenvalue weighted by Crippen LogP contribution is -2.52. The summed E-state index contributed by atoms with van der Waals surface area (Å²) in [5, 5.41) is 15.7. The molecule has 0 aliphatic heterocycles. The zero-order valence-electron chi connectivity index (χ0n) is 13.1. The quantitative estimate of drug-likeness (QED) is 0.904. The molecule has 2 aromatic rings. The van der Waals surface area contributed by atoms with Crippen molar-refractivity contribution in [2.75, 3.05) is 0 Å². The number of nitrogens with one attached hydrogen (secondary N) is 1. The summed E-state index contributed by atoms with van der Waals surface area (Å²) in [6, 6.07) is 11.7. The van der Waals surface area contributed by atoms with Gasteiger partial charge in [-0.3, -0.25) is 9.48 Å². The van der Waals surface area contributed by atoms with Crippen molar-refractivity contribution in [3.05, 3.63) is 53.3 Å². The number of aryl methyl sites for hydroxylation is 1. The van der Waals surface area contributed by atoms with Crippen molar-refractivity contribution in [1.82, 2.24) is 15.1 Å². The molecular formula is C17H19N3O3. The highest BCUT2D eigenvalue weighted by Gasteiger charge is 2.42. The van der Waals surface area contributed by atoms with Crippen molar-refractivity contribution in [1.29, 1.82) is 0 Å². The molecule has 0 unspecified atom stereocenters. The largest absolute Gasteiger partial charge is 0.476 e. The summed E-state index contributed by atoms with van der Waals surface area (Å²) in [6.07, 6.45) is 1.73. The predicted molar refractivity (Wildman–Crippen MR) is 84.4 cm³/mol. The summed E-state index contributed by atoms with van der Waals surface area (Å²) in [6.45, 7) is 2.19. The summed E-state index contributed by atoms with van der Waals surface area (Å²) in [5.74, 6) is -1.42. The number of aromatic carboxylic acids is 1. The first-order valence-corrected chi connectivity index (χ1v) is 7.53. The number of carboxylic acid groups (broad SMARTS) is 1. The van der Waals surface area contributed by atoms with Crippen LogP contribution in [0.1, 0.15) is 46.3 Å². The lowest BCUT2D eigenvalue weighted by molar-refractivity contribution is 0.0689. The molecule has 0 saturated heterocycles. The lowest BCUT2D eigenvalue weighted by atomic mass is 9.63. The standard InChI is InChI=1S/C17H19N3O3/c1-17(11-6-4-3-5-7-11)9-12(10-17)18-15(21)14-8-13(16(22)23)19-20(14)2/h3-8,12H,9-10H2,1-2H3,(H,18,21)(H,22,23). The Bertz CT molecular complexity index is 746. The number of rotatable bonds is 4. The van der Waals surface area contributed by atoms with Gasteiger partial charge in [0, 0.05) is 19.2 Å². The maximum absolute atomic E-state index is 12.3. The third kappa shape index (κ3) is 2.84. The number of hydrogen-bond acceptors (Lipinski definition) is 3. The van der Waals surface area contributed by atoms with Gasteiger partial charge in [-0.1, -0.05) is 37.3 Å². The topological polar surface area (TPSA) is 84.2 Å². The monoisotopic (exact) mass is 313 g/mol. The van der Waals surface area contributed by atoms with Gasteiger partial charge >= 0.3 is 5.97 Å². The molecule has 1 aliphatic rings. The van der Waals surface area contributed by atoms with Crippen LogP contribution in [-0.2, 0) is 12.5 Å². The smallest absolute Gasteiger partial charge is 0.356 e. The van der Waals surface area contributed by atoms with Crippen LogP contribution in [0.2, 0.25) is 0 Å². The van der Waals surface area contributed by atoms with E-state index in [1.165, 1.54) is 16.3 Å². The van der Waals surface area contributed by atoms with Crippen LogP contribution in [-0.4, -0.2) is 32.8 Å². The molecule has 1 aromatic heterocycles. The molecule has 1 heterocycles. The van der Waals surface area contributed by atoms with E-state index in [-0.39, 0.29) is 28.8 Å². The Labute approximate surface area is 134 Å². The molecule has 23 heavy (non-hydrogen) atoms. The van der Waals surface area contributed by atoms with E-state index in [1.54, 1.807) is 7.05 Å². The molecule has 0 spiro atoms. The number of nitrogens with zero attached hydrogens (tertiary/aromatic N) is 2. The third-order valence-electron chi connectivity index (χ3n) is 4.53. The van der Waals surface area contributed by atoms with Gasteiger partial charge in [0.05, 0.1) is 0 Å². The van der Waals surface area contributed by atoms with Crippen LogP contribution >= 0.6 is 0 Å². The van der Waals surface area contributed by atoms with Crippen LogP contribution < -0.4 is 5.32 Å². The van der Waals surface area contributed by atoms with Crippen LogP contribution in [0.25, 0.3) is 0 Å². The van der Waals surface area contributed by atoms with Crippen molar-refractivity contribution < 1.29 is 14.7 Å². The fraction of sp³-hybridized carbons (Fsp3) is 0.353. The normalized spacial score (nSPS) is 23.1. The summed E-state index contributed by atoms with van der Waals surface area (Å²) >= 11 is 0. The zero-order chi connectivity index (χ0) is 16.6. The maximum atomic E-state index is 12.3. The van der Waals surface area contributed by atoms with Gasteiger partial charge in [-0.2, -0.15) is 5.10 Å². The van der Waals surface area contributed by atoms with Crippen LogP contribution in [0.5, 0.6) is 0 Å². The highest BCUT2D eigenvalue weighted by Crippen LogP contribution is 2.43. The minimum atomic E-state index is -1.14. The van der Waals surface area contributed by atoms with Crippen molar-refractivity contribution in [2.45, 2.75) is 31.2 Å². The molecule has 1 aliphatic carbocycles. The second kappa shape index (κ2) is 5.53. The van der Waals surface area contributed by atoms with Gasteiger partial charge in [0.2, 0.25) is 0 Å². The van der Waals surface area contributed by atoms with E-state index in [0.29, 0.717) is 0 Å². The molecule has 1 aromatic carbocycles. The third-order valence-corrected chi connectivity index (χ3v) is 4.53. The van der Waals surface area contributed by atoms with E-state index in [1.807, 2.05) is 18.2 Å². The molecular weight excluding hydrogens is 294 g/mol. The number of aromatic nitrogens is 2. The number of hydrogen-bond donors (Lipinski definition) is 2. The predicted octanol–water partition coefficient (Wildman–Crippen LogP) is 1.97. The van der Waals surface area contributed by atoms with Crippen molar-refractivity contribution in [2.24, 2.45) is 7.05 Å². The van der Waals surface area contributed by atoms with Gasteiger partial charge in [0.15, 0.2) is 5.69 Å². The maximum Gasteiger partial charge on any atom is 0.356 e. The average Bonchev–Trinajstić information content (AvgIpc) is 2.88. The Morgan fingerprint density at radius 1 is 1.30 bits per heavy atom. The Morgan fingerprint density at radius 3 is 2.52 bits per heavy atom. The summed E-state index contributed by atoms with van der Waals surface area (Å²) < 4.78 is 1.30. The van der Waals surface area contributed by atoms with Gasteiger partial charge in [0.1, 0.15) is 5.69 Å². The lowest BCUT2D eigenvalue weighted by Gasteiger charge is -2.46. The van der Waals surface area contributed by atoms with Gasteiger partial charge in [0.25, 0.3) is 5.91 Å². The van der Waals surface area contributed by atoms with Gasteiger partial charge in [-0.05, 0) is 23.8 Å². The highest BCUT2D eigenvalue weighted by atomic mass is 16.4. The first kappa shape index (κ1) is 15.3. The van der Waals surface area contributed by atoms with Gasteiger partial charge < -0.3 is 10.4 Å². The molecule has 1 saturated carbocycles. The second-order valence-electron chi connectivity index (χ2n) is 6.35. The minimum Gasteiger partial charge on any atom is -0.476 e. The fourth-order valence-corrected chi connectivity index (χ4v) is 3.25. The van der Waals surface area contributed by atoms with E-state index in [9.17, 15) is 9.59 Å². The molecule has 3 rings (SSSR count). The van der Waals surface area contributed by atoms with Gasteiger partial charge in [-0.25, -0.2) is 4.79 Å². The Kier molecular flexibility index (Phi) is 3.67. The highest BCUT2D eigenvalue weighted by molar-refractivity contribution is 5.95. The number of carbonyl (C=O) groups is 2. The van der Waals surface area contributed by atoms with E-state index >= 15 is 0 Å². The van der Waals surface area contributed by atoms with E-state index < -0.39 is 5.97 Å². The second-order valence-corrected chi connectivity index (χ2v) is 6.35. The van der Waals surface area contributed by atoms with Crippen molar-refractivity contribution in [3.8, 4) is 0 Å². The molecule has 2 N–H and O–H groups in total. The molecule has 0 atom stereocenters. The molecule has 6 nitrogen and oxygen atoms in total. The van der Waals surface area contributed by atoms with Crippen LogP contribution in [0, 0.1) is 0 Å². The Hall–Kier alpha value is -2.63. The summed E-state index contributed by atoms with van der Waals surface area (Å²) in [4.78, 5) is 23.2. The number of amides is 1. The number of benzene rings is 1. The fourth-order valence-electron chi connectivity index (χ4n) is 3.25. The molecule has 120 valence electrons. The molecule has 1 amide bonds. The SMILES string of the molecule is Cn1nc(C(=O)O)cc1C(=O)NC1CC(C)(c2ccccc2)C1. The first-order valence-electron chi connectivity index (χ1n) is 7.53. The molecule has 0 bridgehead atoms. The van der Waals surface area contributed by atoms with Gasteiger partial charge in [-0.15, -0.1) is 0 Å². The number of carboxylic acids is 1. The van der Waals surface area contributed by atoms with Crippen molar-refractivity contribution in [3.63, 3.8) is 0 Å². The minimum absolute atomic E-state index is 0.0812. The van der Waals surface area contributed by atoms with E-state index in [0.717, 1.165) is 12.8 Å². The van der Waals surface area contributed by atoms with E-state index in [4.69, 9.17) is 5.11 Å².